The van der Waals surface area contributed by atoms with Crippen molar-refractivity contribution in [3.63, 3.8) is 0 Å². The minimum absolute atomic E-state index is 0.0829. The highest BCUT2D eigenvalue weighted by atomic mass is 16.3. The van der Waals surface area contributed by atoms with Crippen molar-refractivity contribution < 1.29 is 5.11 Å². The lowest BCUT2D eigenvalue weighted by Gasteiger charge is -2.47. The maximum absolute atomic E-state index is 10.1. The van der Waals surface area contributed by atoms with Crippen LogP contribution in [0.4, 0.5) is 5.69 Å². The van der Waals surface area contributed by atoms with Gasteiger partial charge in [-0.15, -0.1) is 0 Å². The molecule has 37 heavy (non-hydrogen) atoms. The summed E-state index contributed by atoms with van der Waals surface area (Å²) in [5.74, 6) is 1.50. The van der Waals surface area contributed by atoms with Gasteiger partial charge in [0.15, 0.2) is 5.65 Å². The highest BCUT2D eigenvalue weighted by molar-refractivity contribution is 5.76. The minimum atomic E-state index is -0.0829. The van der Waals surface area contributed by atoms with Crippen LogP contribution in [0.15, 0.2) is 36.5 Å². The number of aromatic nitrogens is 3. The molecule has 0 amide bonds. The van der Waals surface area contributed by atoms with Crippen LogP contribution >= 0.6 is 0 Å². The van der Waals surface area contributed by atoms with Gasteiger partial charge in [-0.1, -0.05) is 25.5 Å². The SMILES string of the molecule is CCCC(c1nc2cc(N3CCC(c4cccc(O)c4)(N(C)C)CC3)cnc2n1CC)N1CCNCC1. The summed E-state index contributed by atoms with van der Waals surface area (Å²) in [4.78, 5) is 17.5. The predicted octanol–water partition coefficient (Wildman–Crippen LogP) is 3.96. The van der Waals surface area contributed by atoms with E-state index in [0.29, 0.717) is 11.8 Å². The van der Waals surface area contributed by atoms with E-state index in [4.69, 9.17) is 9.97 Å². The van der Waals surface area contributed by atoms with E-state index in [-0.39, 0.29) is 5.54 Å². The number of anilines is 1. The van der Waals surface area contributed by atoms with Gasteiger partial charge in [0.2, 0.25) is 0 Å². The summed E-state index contributed by atoms with van der Waals surface area (Å²) >= 11 is 0. The fourth-order valence-electron chi connectivity index (χ4n) is 6.42. The Morgan fingerprint density at radius 2 is 1.84 bits per heavy atom. The molecule has 2 aromatic heterocycles. The zero-order valence-electron chi connectivity index (χ0n) is 23.0. The fourth-order valence-corrected chi connectivity index (χ4v) is 6.42. The molecule has 3 aromatic rings. The van der Waals surface area contributed by atoms with E-state index in [0.717, 1.165) is 88.3 Å². The van der Waals surface area contributed by atoms with Crippen LogP contribution in [0, 0.1) is 0 Å². The maximum Gasteiger partial charge on any atom is 0.160 e. The first-order chi connectivity index (χ1) is 18.0. The number of aromatic hydroxyl groups is 1. The number of imidazole rings is 1. The predicted molar refractivity (Wildman–Crippen MR) is 150 cm³/mol. The van der Waals surface area contributed by atoms with Gasteiger partial charge in [0, 0.05) is 51.4 Å². The third kappa shape index (κ3) is 4.94. The number of rotatable bonds is 8. The lowest BCUT2D eigenvalue weighted by Crippen LogP contribution is -2.50. The van der Waals surface area contributed by atoms with Crippen molar-refractivity contribution in [1.82, 2.24) is 29.7 Å². The fraction of sp³-hybridized carbons (Fsp3) is 0.586. The van der Waals surface area contributed by atoms with Crippen molar-refractivity contribution in [3.8, 4) is 5.75 Å². The van der Waals surface area contributed by atoms with Crippen LogP contribution in [0.1, 0.15) is 57.0 Å². The van der Waals surface area contributed by atoms with Crippen molar-refractivity contribution in [2.75, 3.05) is 58.3 Å². The van der Waals surface area contributed by atoms with E-state index in [1.165, 1.54) is 11.4 Å². The molecule has 1 aromatic carbocycles. The first-order valence-electron chi connectivity index (χ1n) is 14.0. The molecule has 0 spiro atoms. The van der Waals surface area contributed by atoms with Crippen LogP contribution in [0.3, 0.4) is 0 Å². The molecule has 0 aliphatic carbocycles. The van der Waals surface area contributed by atoms with Crippen LogP contribution in [-0.2, 0) is 12.1 Å². The van der Waals surface area contributed by atoms with E-state index in [1.54, 1.807) is 6.07 Å². The second-order valence-electron chi connectivity index (χ2n) is 10.8. The molecule has 0 bridgehead atoms. The normalized spacial score (nSPS) is 19.5. The Labute approximate surface area is 221 Å². The Kier molecular flexibility index (Phi) is 7.70. The Morgan fingerprint density at radius 3 is 2.49 bits per heavy atom. The van der Waals surface area contributed by atoms with E-state index >= 15 is 0 Å². The molecule has 4 heterocycles. The third-order valence-electron chi connectivity index (χ3n) is 8.56. The minimum Gasteiger partial charge on any atom is -0.508 e. The van der Waals surface area contributed by atoms with Crippen LogP contribution in [-0.4, -0.2) is 82.8 Å². The number of benzene rings is 1. The van der Waals surface area contributed by atoms with Crippen LogP contribution in [0.5, 0.6) is 5.75 Å². The number of nitrogens with one attached hydrogen (secondary N) is 1. The number of piperazine rings is 1. The quantitative estimate of drug-likeness (QED) is 0.480. The highest BCUT2D eigenvalue weighted by Gasteiger charge is 2.38. The number of hydrogen-bond acceptors (Lipinski definition) is 7. The second kappa shape index (κ2) is 11.0. The van der Waals surface area contributed by atoms with Gasteiger partial charge in [0.05, 0.1) is 17.9 Å². The first-order valence-corrected chi connectivity index (χ1v) is 14.0. The molecule has 2 aliphatic heterocycles. The maximum atomic E-state index is 10.1. The molecular formula is C29H43N7O. The summed E-state index contributed by atoms with van der Waals surface area (Å²) < 4.78 is 2.33. The molecule has 8 nitrogen and oxygen atoms in total. The number of pyridine rings is 1. The standard InChI is InChI=1S/C29H43N7O/c1-5-8-26(35-17-13-30-14-18-35)28-32-25-20-23(21-31-27(25)36(28)6-2)34-15-11-29(12-16-34,33(3)4)22-9-7-10-24(37)19-22/h7,9-10,19-21,26,30,37H,5-6,8,11-18H2,1-4H3. The molecule has 1 atom stereocenters. The summed E-state index contributed by atoms with van der Waals surface area (Å²) in [6.45, 7) is 11.4. The monoisotopic (exact) mass is 505 g/mol. The topological polar surface area (TPSA) is 72.7 Å². The van der Waals surface area contributed by atoms with Gasteiger partial charge in [-0.2, -0.15) is 0 Å². The number of nitrogens with zero attached hydrogens (tertiary/aromatic N) is 6. The highest BCUT2D eigenvalue weighted by Crippen LogP contribution is 2.40. The van der Waals surface area contributed by atoms with E-state index in [9.17, 15) is 5.11 Å². The number of fused-ring (bicyclic) bond motifs is 1. The molecule has 8 heteroatoms. The Bertz CT molecular complexity index is 1190. The van der Waals surface area contributed by atoms with Gasteiger partial charge in [0.1, 0.15) is 17.1 Å². The van der Waals surface area contributed by atoms with Crippen LogP contribution in [0.2, 0.25) is 0 Å². The molecule has 0 radical (unpaired) electrons. The molecule has 2 N–H and O–H groups in total. The van der Waals surface area contributed by atoms with E-state index in [1.807, 2.05) is 18.3 Å². The molecule has 5 rings (SSSR count). The molecule has 0 saturated carbocycles. The van der Waals surface area contributed by atoms with Gasteiger partial charge >= 0.3 is 0 Å². The van der Waals surface area contributed by atoms with Crippen molar-refractivity contribution >= 4 is 16.9 Å². The van der Waals surface area contributed by atoms with Gasteiger partial charge in [-0.05, 0) is 64.0 Å². The largest absolute Gasteiger partial charge is 0.508 e. The van der Waals surface area contributed by atoms with Crippen LogP contribution in [0.25, 0.3) is 11.2 Å². The smallest absolute Gasteiger partial charge is 0.160 e. The van der Waals surface area contributed by atoms with Gasteiger partial charge in [-0.25, -0.2) is 9.97 Å². The molecule has 1 unspecified atom stereocenters. The number of phenolic OH excluding ortho intramolecular Hbond substituents is 1. The molecular weight excluding hydrogens is 462 g/mol. The summed E-state index contributed by atoms with van der Waals surface area (Å²) in [6, 6.07) is 10.4. The Balaban J connectivity index is 1.41. The molecule has 2 saturated heterocycles. The Hall–Kier alpha value is -2.68. The van der Waals surface area contributed by atoms with Crippen molar-refractivity contribution in [3.05, 3.63) is 47.9 Å². The lowest BCUT2D eigenvalue weighted by molar-refractivity contribution is 0.115. The summed E-state index contributed by atoms with van der Waals surface area (Å²) in [7, 11) is 4.30. The van der Waals surface area contributed by atoms with Crippen molar-refractivity contribution in [1.29, 1.82) is 0 Å². The van der Waals surface area contributed by atoms with Crippen molar-refractivity contribution in [2.45, 2.75) is 57.7 Å². The zero-order valence-corrected chi connectivity index (χ0v) is 23.0. The van der Waals surface area contributed by atoms with Crippen molar-refractivity contribution in [2.24, 2.45) is 0 Å². The van der Waals surface area contributed by atoms with Crippen LogP contribution < -0.4 is 10.2 Å². The summed E-state index contributed by atoms with van der Waals surface area (Å²) in [5.41, 5.74) is 4.25. The summed E-state index contributed by atoms with van der Waals surface area (Å²) in [6.07, 6.45) is 6.26. The average Bonchev–Trinajstić information content (AvgIpc) is 3.29. The molecule has 2 fully saturated rings. The number of piperidine rings is 1. The zero-order chi connectivity index (χ0) is 26.0. The second-order valence-corrected chi connectivity index (χ2v) is 10.8. The first kappa shape index (κ1) is 25.9. The van der Waals surface area contributed by atoms with Gasteiger partial charge in [0.25, 0.3) is 0 Å². The lowest BCUT2D eigenvalue weighted by atomic mass is 9.79. The average molecular weight is 506 g/mol. The molecule has 2 aliphatic rings. The third-order valence-corrected chi connectivity index (χ3v) is 8.56. The summed E-state index contributed by atoms with van der Waals surface area (Å²) in [5, 5.41) is 13.6. The van der Waals surface area contributed by atoms with Gasteiger partial charge < -0.3 is 19.9 Å². The van der Waals surface area contributed by atoms with Gasteiger partial charge in [-0.3, -0.25) is 9.80 Å². The van der Waals surface area contributed by atoms with E-state index in [2.05, 4.69) is 64.7 Å². The van der Waals surface area contributed by atoms with E-state index < -0.39 is 0 Å². The Morgan fingerprint density at radius 1 is 1.08 bits per heavy atom. The molecule has 200 valence electrons. The number of hydrogen-bond donors (Lipinski definition) is 2. The number of phenols is 1. The number of aryl methyl sites for hydroxylation is 1.